The number of hydrogen-bond donors (Lipinski definition) is 1. The Labute approximate surface area is 116 Å². The standard InChI is InChI=1S/C13H18N4OS/c1-5-11-8(2)16-17(4)13(11)15-12(18)6-10-7-19-9(3)14-10/h7H,5-6H2,1-4H3,(H,15,18). The van der Waals surface area contributed by atoms with Gasteiger partial charge in [-0.25, -0.2) is 4.98 Å². The van der Waals surface area contributed by atoms with Crippen LogP contribution in [0.4, 0.5) is 5.82 Å². The second kappa shape index (κ2) is 5.52. The largest absolute Gasteiger partial charge is 0.310 e. The Balaban J connectivity index is 2.11. The van der Waals surface area contributed by atoms with Crippen molar-refractivity contribution in [3.63, 3.8) is 0 Å². The van der Waals surface area contributed by atoms with E-state index in [1.165, 1.54) is 0 Å². The number of aryl methyl sites for hydroxylation is 3. The van der Waals surface area contributed by atoms with Crippen molar-refractivity contribution < 1.29 is 4.79 Å². The molecule has 0 atom stereocenters. The lowest BCUT2D eigenvalue weighted by atomic mass is 10.2. The molecule has 102 valence electrons. The fourth-order valence-corrected chi connectivity index (χ4v) is 2.72. The molecule has 0 fully saturated rings. The first-order valence-corrected chi connectivity index (χ1v) is 7.12. The van der Waals surface area contributed by atoms with Gasteiger partial charge in [0.25, 0.3) is 0 Å². The van der Waals surface area contributed by atoms with Crippen molar-refractivity contribution >= 4 is 23.1 Å². The summed E-state index contributed by atoms with van der Waals surface area (Å²) in [4.78, 5) is 16.3. The fraction of sp³-hybridized carbons (Fsp3) is 0.462. The van der Waals surface area contributed by atoms with Gasteiger partial charge in [0, 0.05) is 18.0 Å². The second-order valence-electron chi connectivity index (χ2n) is 4.47. The molecular weight excluding hydrogens is 260 g/mol. The molecule has 5 nitrogen and oxygen atoms in total. The van der Waals surface area contributed by atoms with Gasteiger partial charge >= 0.3 is 0 Å². The highest BCUT2D eigenvalue weighted by Crippen LogP contribution is 2.19. The van der Waals surface area contributed by atoms with Crippen LogP contribution in [-0.4, -0.2) is 20.7 Å². The minimum atomic E-state index is -0.0528. The SMILES string of the molecule is CCc1c(C)nn(C)c1NC(=O)Cc1csc(C)n1. The van der Waals surface area contributed by atoms with Crippen molar-refractivity contribution in [1.29, 1.82) is 0 Å². The summed E-state index contributed by atoms with van der Waals surface area (Å²) in [5.41, 5.74) is 2.87. The van der Waals surface area contributed by atoms with Gasteiger partial charge < -0.3 is 5.32 Å². The molecule has 0 saturated carbocycles. The van der Waals surface area contributed by atoms with Crippen LogP contribution in [-0.2, 0) is 24.7 Å². The topological polar surface area (TPSA) is 59.8 Å². The summed E-state index contributed by atoms with van der Waals surface area (Å²) in [5.74, 6) is 0.736. The van der Waals surface area contributed by atoms with Crippen molar-refractivity contribution in [3.8, 4) is 0 Å². The van der Waals surface area contributed by atoms with Gasteiger partial charge in [0.1, 0.15) is 5.82 Å². The molecule has 19 heavy (non-hydrogen) atoms. The van der Waals surface area contributed by atoms with E-state index in [1.54, 1.807) is 16.0 Å². The molecule has 0 spiro atoms. The first-order valence-electron chi connectivity index (χ1n) is 6.24. The summed E-state index contributed by atoms with van der Waals surface area (Å²) in [5, 5.41) is 10.2. The lowest BCUT2D eigenvalue weighted by Gasteiger charge is -2.06. The highest BCUT2D eigenvalue weighted by atomic mass is 32.1. The number of amides is 1. The van der Waals surface area contributed by atoms with E-state index in [0.29, 0.717) is 6.42 Å². The van der Waals surface area contributed by atoms with E-state index in [4.69, 9.17) is 0 Å². The quantitative estimate of drug-likeness (QED) is 0.933. The third kappa shape index (κ3) is 3.01. The van der Waals surface area contributed by atoms with Crippen LogP contribution in [0.5, 0.6) is 0 Å². The van der Waals surface area contributed by atoms with Crippen molar-refractivity contribution in [2.75, 3.05) is 5.32 Å². The average molecular weight is 278 g/mol. The van der Waals surface area contributed by atoms with Crippen LogP contribution in [0.25, 0.3) is 0 Å². The zero-order valence-corrected chi connectivity index (χ0v) is 12.5. The van der Waals surface area contributed by atoms with Gasteiger partial charge in [-0.05, 0) is 20.3 Å². The second-order valence-corrected chi connectivity index (χ2v) is 5.53. The molecular formula is C13H18N4OS. The van der Waals surface area contributed by atoms with Crippen molar-refractivity contribution in [3.05, 3.63) is 27.3 Å². The minimum Gasteiger partial charge on any atom is -0.310 e. The van der Waals surface area contributed by atoms with Crippen LogP contribution < -0.4 is 5.32 Å². The summed E-state index contributed by atoms with van der Waals surface area (Å²) in [6.45, 7) is 5.95. The van der Waals surface area contributed by atoms with Crippen LogP contribution in [0.2, 0.25) is 0 Å². The third-order valence-corrected chi connectivity index (χ3v) is 3.79. The summed E-state index contributed by atoms with van der Waals surface area (Å²) in [7, 11) is 1.84. The molecule has 0 aromatic carbocycles. The molecule has 6 heteroatoms. The number of aromatic nitrogens is 3. The number of carbonyl (C=O) groups excluding carboxylic acids is 1. The van der Waals surface area contributed by atoms with Gasteiger partial charge in [-0.1, -0.05) is 6.92 Å². The Kier molecular flexibility index (Phi) is 3.99. The number of nitrogens with zero attached hydrogens (tertiary/aromatic N) is 3. The Hall–Kier alpha value is -1.69. The molecule has 2 heterocycles. The van der Waals surface area contributed by atoms with Crippen molar-refractivity contribution in [2.24, 2.45) is 7.05 Å². The smallest absolute Gasteiger partial charge is 0.231 e. The number of hydrogen-bond acceptors (Lipinski definition) is 4. The maximum Gasteiger partial charge on any atom is 0.231 e. The Morgan fingerprint density at radius 1 is 1.47 bits per heavy atom. The van der Waals surface area contributed by atoms with Crippen LogP contribution in [0.3, 0.4) is 0 Å². The summed E-state index contributed by atoms with van der Waals surface area (Å²) >= 11 is 1.56. The average Bonchev–Trinajstić information content (AvgIpc) is 2.84. The third-order valence-electron chi connectivity index (χ3n) is 2.97. The number of thiazole rings is 1. The highest BCUT2D eigenvalue weighted by Gasteiger charge is 2.15. The zero-order valence-electron chi connectivity index (χ0n) is 11.6. The minimum absolute atomic E-state index is 0.0528. The normalized spacial score (nSPS) is 10.7. The number of carbonyl (C=O) groups is 1. The van der Waals surface area contributed by atoms with E-state index in [9.17, 15) is 4.79 Å². The fourth-order valence-electron chi connectivity index (χ4n) is 2.11. The van der Waals surface area contributed by atoms with E-state index < -0.39 is 0 Å². The number of anilines is 1. The number of rotatable bonds is 4. The predicted octanol–water partition coefficient (Wildman–Crippen LogP) is 2.24. The first-order chi connectivity index (χ1) is 9.01. The molecule has 0 radical (unpaired) electrons. The van der Waals surface area contributed by atoms with Gasteiger partial charge in [0.2, 0.25) is 5.91 Å². The molecule has 1 N–H and O–H groups in total. The molecule has 2 aromatic heterocycles. The van der Waals surface area contributed by atoms with Gasteiger partial charge in [0.15, 0.2) is 0 Å². The summed E-state index contributed by atoms with van der Waals surface area (Å²) in [6, 6.07) is 0. The molecule has 2 rings (SSSR count). The predicted molar refractivity (Wildman–Crippen MR) is 76.5 cm³/mol. The van der Waals surface area contributed by atoms with Crippen LogP contribution in [0.15, 0.2) is 5.38 Å². The lowest BCUT2D eigenvalue weighted by Crippen LogP contribution is -2.17. The van der Waals surface area contributed by atoms with E-state index in [-0.39, 0.29) is 5.91 Å². The van der Waals surface area contributed by atoms with Gasteiger partial charge in [-0.2, -0.15) is 5.10 Å². The van der Waals surface area contributed by atoms with E-state index in [2.05, 4.69) is 22.3 Å². The van der Waals surface area contributed by atoms with Crippen molar-refractivity contribution in [2.45, 2.75) is 33.6 Å². The Morgan fingerprint density at radius 3 is 2.79 bits per heavy atom. The van der Waals surface area contributed by atoms with E-state index in [1.807, 2.05) is 26.3 Å². The van der Waals surface area contributed by atoms with E-state index in [0.717, 1.165) is 34.2 Å². The van der Waals surface area contributed by atoms with Gasteiger partial charge in [-0.15, -0.1) is 11.3 Å². The molecule has 0 aliphatic carbocycles. The highest BCUT2D eigenvalue weighted by molar-refractivity contribution is 7.09. The van der Waals surface area contributed by atoms with Crippen LogP contribution >= 0.6 is 11.3 Å². The summed E-state index contributed by atoms with van der Waals surface area (Å²) in [6.07, 6.45) is 1.16. The molecule has 0 bridgehead atoms. The van der Waals surface area contributed by atoms with E-state index >= 15 is 0 Å². The lowest BCUT2D eigenvalue weighted by molar-refractivity contribution is -0.115. The molecule has 0 unspecified atom stereocenters. The van der Waals surface area contributed by atoms with Crippen LogP contribution in [0.1, 0.15) is 28.9 Å². The Bertz CT molecular complexity index is 600. The molecule has 0 saturated heterocycles. The maximum atomic E-state index is 12.0. The first kappa shape index (κ1) is 13.7. The van der Waals surface area contributed by atoms with Crippen molar-refractivity contribution in [1.82, 2.24) is 14.8 Å². The molecule has 1 amide bonds. The molecule has 0 aliphatic heterocycles. The monoisotopic (exact) mass is 278 g/mol. The van der Waals surface area contributed by atoms with Gasteiger partial charge in [-0.3, -0.25) is 9.48 Å². The summed E-state index contributed by atoms with van der Waals surface area (Å²) < 4.78 is 1.72. The van der Waals surface area contributed by atoms with Gasteiger partial charge in [0.05, 0.1) is 22.8 Å². The zero-order chi connectivity index (χ0) is 14.0. The Morgan fingerprint density at radius 2 is 2.21 bits per heavy atom. The van der Waals surface area contributed by atoms with Crippen LogP contribution in [0, 0.1) is 13.8 Å². The number of nitrogens with one attached hydrogen (secondary N) is 1. The maximum absolute atomic E-state index is 12.0. The molecule has 2 aromatic rings. The molecule has 0 aliphatic rings.